The van der Waals surface area contributed by atoms with Gasteiger partial charge in [0.1, 0.15) is 6.54 Å². The van der Waals surface area contributed by atoms with Crippen LogP contribution in [-0.2, 0) is 11.3 Å². The SMILES string of the molecule is O=C(Cn1nnc(-c2ccsc2)n1)Nc1cccc(Cl)c1. The molecule has 0 atom stereocenters. The number of nitrogens with zero attached hydrogens (tertiary/aromatic N) is 4. The molecule has 8 heteroatoms. The maximum atomic E-state index is 11.9. The van der Waals surface area contributed by atoms with Crippen molar-refractivity contribution >= 4 is 34.5 Å². The number of benzene rings is 1. The number of hydrogen-bond acceptors (Lipinski definition) is 5. The monoisotopic (exact) mass is 319 g/mol. The molecule has 0 spiro atoms. The fourth-order valence-corrected chi connectivity index (χ4v) is 2.54. The first kappa shape index (κ1) is 13.7. The summed E-state index contributed by atoms with van der Waals surface area (Å²) in [5.41, 5.74) is 1.52. The van der Waals surface area contributed by atoms with Gasteiger partial charge >= 0.3 is 0 Å². The molecule has 2 aromatic heterocycles. The van der Waals surface area contributed by atoms with E-state index in [1.807, 2.05) is 16.8 Å². The Morgan fingerprint density at radius 1 is 1.38 bits per heavy atom. The van der Waals surface area contributed by atoms with Crippen molar-refractivity contribution in [2.75, 3.05) is 5.32 Å². The second kappa shape index (κ2) is 6.02. The van der Waals surface area contributed by atoms with Gasteiger partial charge in [-0.25, -0.2) is 0 Å². The molecule has 0 aliphatic rings. The molecule has 3 rings (SSSR count). The molecule has 0 fully saturated rings. The van der Waals surface area contributed by atoms with Crippen molar-refractivity contribution in [2.45, 2.75) is 6.54 Å². The highest BCUT2D eigenvalue weighted by Crippen LogP contribution is 2.17. The van der Waals surface area contributed by atoms with Gasteiger partial charge in [-0.3, -0.25) is 4.79 Å². The van der Waals surface area contributed by atoms with Crippen LogP contribution in [0, 0.1) is 0 Å². The van der Waals surface area contributed by atoms with Gasteiger partial charge in [0.25, 0.3) is 0 Å². The van der Waals surface area contributed by atoms with E-state index in [0.29, 0.717) is 16.5 Å². The molecular formula is C13H10ClN5OS. The normalized spacial score (nSPS) is 10.5. The lowest BCUT2D eigenvalue weighted by Gasteiger charge is -2.04. The molecule has 2 heterocycles. The molecule has 0 aliphatic heterocycles. The van der Waals surface area contributed by atoms with Crippen molar-refractivity contribution in [3.8, 4) is 11.4 Å². The number of amides is 1. The molecule has 0 aliphatic carbocycles. The molecular weight excluding hydrogens is 310 g/mol. The first-order valence-electron chi connectivity index (χ1n) is 6.06. The number of hydrogen-bond donors (Lipinski definition) is 1. The summed E-state index contributed by atoms with van der Waals surface area (Å²) in [6.07, 6.45) is 0. The van der Waals surface area contributed by atoms with Crippen molar-refractivity contribution in [1.82, 2.24) is 20.2 Å². The summed E-state index contributed by atoms with van der Waals surface area (Å²) in [6.45, 7) is -0.0103. The van der Waals surface area contributed by atoms with E-state index >= 15 is 0 Å². The standard InChI is InChI=1S/C13H10ClN5OS/c14-10-2-1-3-11(6-10)15-12(20)7-19-17-13(16-18-19)9-4-5-21-8-9/h1-6,8H,7H2,(H,15,20). The first-order valence-corrected chi connectivity index (χ1v) is 7.38. The highest BCUT2D eigenvalue weighted by atomic mass is 35.5. The van der Waals surface area contributed by atoms with E-state index in [2.05, 4.69) is 20.7 Å². The van der Waals surface area contributed by atoms with Crippen LogP contribution in [0.3, 0.4) is 0 Å². The van der Waals surface area contributed by atoms with Gasteiger partial charge in [-0.1, -0.05) is 17.7 Å². The minimum atomic E-state index is -0.244. The lowest BCUT2D eigenvalue weighted by Crippen LogP contribution is -2.20. The molecule has 1 N–H and O–H groups in total. The van der Waals surface area contributed by atoms with Gasteiger partial charge in [0.05, 0.1) is 0 Å². The minimum Gasteiger partial charge on any atom is -0.324 e. The Balaban J connectivity index is 1.65. The summed E-state index contributed by atoms with van der Waals surface area (Å²) in [6, 6.07) is 8.84. The van der Waals surface area contributed by atoms with Crippen molar-refractivity contribution in [3.63, 3.8) is 0 Å². The fraction of sp³-hybridized carbons (Fsp3) is 0.0769. The van der Waals surface area contributed by atoms with E-state index in [1.54, 1.807) is 35.6 Å². The number of carbonyl (C=O) groups is 1. The highest BCUT2D eigenvalue weighted by molar-refractivity contribution is 7.08. The summed E-state index contributed by atoms with van der Waals surface area (Å²) < 4.78 is 0. The highest BCUT2D eigenvalue weighted by Gasteiger charge is 2.09. The van der Waals surface area contributed by atoms with Crippen LogP contribution in [0.4, 0.5) is 5.69 Å². The third-order valence-electron chi connectivity index (χ3n) is 2.63. The van der Waals surface area contributed by atoms with Gasteiger partial charge in [0.15, 0.2) is 0 Å². The zero-order chi connectivity index (χ0) is 14.7. The van der Waals surface area contributed by atoms with E-state index < -0.39 is 0 Å². The fourth-order valence-electron chi connectivity index (χ4n) is 1.71. The molecule has 3 aromatic rings. The molecule has 0 bridgehead atoms. The van der Waals surface area contributed by atoms with Crippen LogP contribution in [0.25, 0.3) is 11.4 Å². The molecule has 0 unspecified atom stereocenters. The Morgan fingerprint density at radius 3 is 3.05 bits per heavy atom. The van der Waals surface area contributed by atoms with Crippen molar-refractivity contribution in [3.05, 3.63) is 46.1 Å². The lowest BCUT2D eigenvalue weighted by atomic mass is 10.3. The number of carbonyl (C=O) groups excluding carboxylic acids is 1. The Labute approximate surface area is 129 Å². The number of anilines is 1. The van der Waals surface area contributed by atoms with Crippen LogP contribution in [-0.4, -0.2) is 26.1 Å². The van der Waals surface area contributed by atoms with Crippen molar-refractivity contribution < 1.29 is 4.79 Å². The summed E-state index contributed by atoms with van der Waals surface area (Å²) in [4.78, 5) is 13.2. The number of tetrazole rings is 1. The minimum absolute atomic E-state index is 0.0103. The summed E-state index contributed by atoms with van der Waals surface area (Å²) in [7, 11) is 0. The molecule has 21 heavy (non-hydrogen) atoms. The van der Waals surface area contributed by atoms with Gasteiger partial charge in [0.2, 0.25) is 11.7 Å². The molecule has 0 saturated heterocycles. The molecule has 6 nitrogen and oxygen atoms in total. The molecule has 106 valence electrons. The third kappa shape index (κ3) is 3.45. The van der Waals surface area contributed by atoms with E-state index in [0.717, 1.165) is 5.56 Å². The van der Waals surface area contributed by atoms with Crippen molar-refractivity contribution in [1.29, 1.82) is 0 Å². The predicted molar refractivity (Wildman–Crippen MR) is 81.2 cm³/mol. The van der Waals surface area contributed by atoms with Crippen LogP contribution < -0.4 is 5.32 Å². The van der Waals surface area contributed by atoms with Gasteiger partial charge in [-0.05, 0) is 34.9 Å². The van der Waals surface area contributed by atoms with Crippen LogP contribution in [0.2, 0.25) is 5.02 Å². The molecule has 0 saturated carbocycles. The summed E-state index contributed by atoms with van der Waals surface area (Å²) in [5, 5.41) is 19.1. The Bertz CT molecular complexity index is 756. The number of rotatable bonds is 4. The average Bonchev–Trinajstić information content (AvgIpc) is 3.08. The average molecular weight is 320 g/mol. The predicted octanol–water partition coefficient (Wildman–Crippen LogP) is 2.69. The van der Waals surface area contributed by atoms with Crippen LogP contribution in [0.15, 0.2) is 41.1 Å². The van der Waals surface area contributed by atoms with E-state index in [4.69, 9.17) is 11.6 Å². The smallest absolute Gasteiger partial charge is 0.248 e. The Kier molecular flexibility index (Phi) is 3.94. The second-order valence-corrected chi connectivity index (χ2v) is 5.43. The summed E-state index contributed by atoms with van der Waals surface area (Å²) in [5.74, 6) is 0.262. The largest absolute Gasteiger partial charge is 0.324 e. The Morgan fingerprint density at radius 2 is 2.29 bits per heavy atom. The van der Waals surface area contributed by atoms with Gasteiger partial charge < -0.3 is 5.32 Å². The van der Waals surface area contributed by atoms with Crippen LogP contribution in [0.1, 0.15) is 0 Å². The van der Waals surface area contributed by atoms with Gasteiger partial charge in [0, 0.05) is 21.7 Å². The van der Waals surface area contributed by atoms with Crippen molar-refractivity contribution in [2.24, 2.45) is 0 Å². The number of aromatic nitrogens is 4. The molecule has 1 amide bonds. The van der Waals surface area contributed by atoms with Crippen LogP contribution >= 0.6 is 22.9 Å². The number of halogens is 1. The number of thiophene rings is 1. The second-order valence-electron chi connectivity index (χ2n) is 4.21. The van der Waals surface area contributed by atoms with Crippen LogP contribution in [0.5, 0.6) is 0 Å². The van der Waals surface area contributed by atoms with Gasteiger partial charge in [-0.2, -0.15) is 16.1 Å². The number of nitrogens with one attached hydrogen (secondary N) is 1. The maximum Gasteiger partial charge on any atom is 0.248 e. The maximum absolute atomic E-state index is 11.9. The third-order valence-corrected chi connectivity index (χ3v) is 3.54. The summed E-state index contributed by atoms with van der Waals surface area (Å²) >= 11 is 7.41. The van der Waals surface area contributed by atoms with E-state index in [1.165, 1.54) is 4.80 Å². The lowest BCUT2D eigenvalue weighted by molar-refractivity contribution is -0.117. The topological polar surface area (TPSA) is 72.7 Å². The zero-order valence-corrected chi connectivity index (χ0v) is 12.3. The molecule has 1 aromatic carbocycles. The van der Waals surface area contributed by atoms with E-state index in [9.17, 15) is 4.79 Å². The first-order chi connectivity index (χ1) is 10.2. The van der Waals surface area contributed by atoms with E-state index in [-0.39, 0.29) is 12.5 Å². The molecule has 0 radical (unpaired) electrons. The zero-order valence-electron chi connectivity index (χ0n) is 10.7. The quantitative estimate of drug-likeness (QED) is 0.802. The Hall–Kier alpha value is -2.25. The van der Waals surface area contributed by atoms with Gasteiger partial charge in [-0.15, -0.1) is 10.2 Å².